The van der Waals surface area contributed by atoms with E-state index in [2.05, 4.69) is 0 Å². The molecule has 186 valence electrons. The number of benzene rings is 2. The standard InChI is InChI=1S/C26H24N2O7S/c1-4-32-19-12-16(7-8-17(19)29)23-22(25(31)33-5-2)14(3)28-24(30)21(36-26(28)27-23)11-15-6-9-18-20(10-15)35-13-34-18/h6-12,23,29H,4-5,13H2,1-3H3/b21-11-/t23-/m1/s1. The SMILES string of the molecule is CCOC(=O)C1=C(C)n2c(s/c(=C\c3ccc4c(c3)OCO4)c2=O)=N[C@@H]1c1ccc(O)c(OCC)c1. The zero-order valence-electron chi connectivity index (χ0n) is 19.9. The Balaban J connectivity index is 1.68. The molecule has 0 spiro atoms. The first-order valence-electron chi connectivity index (χ1n) is 11.5. The molecule has 0 unspecified atom stereocenters. The zero-order chi connectivity index (χ0) is 25.4. The molecular formula is C26H24N2O7S. The molecule has 0 saturated heterocycles. The van der Waals surface area contributed by atoms with E-state index in [1.807, 2.05) is 19.1 Å². The molecule has 1 aromatic heterocycles. The fourth-order valence-electron chi connectivity index (χ4n) is 4.18. The van der Waals surface area contributed by atoms with Crippen LogP contribution < -0.4 is 29.1 Å². The van der Waals surface area contributed by atoms with Crippen LogP contribution in [0, 0.1) is 0 Å². The summed E-state index contributed by atoms with van der Waals surface area (Å²) in [5, 5.41) is 10.1. The van der Waals surface area contributed by atoms with Crippen LogP contribution >= 0.6 is 11.3 Å². The highest BCUT2D eigenvalue weighted by molar-refractivity contribution is 7.07. The zero-order valence-corrected chi connectivity index (χ0v) is 20.8. The second-order valence-electron chi connectivity index (χ2n) is 8.06. The van der Waals surface area contributed by atoms with Gasteiger partial charge in [0.1, 0.15) is 6.04 Å². The Morgan fingerprint density at radius 3 is 2.78 bits per heavy atom. The second kappa shape index (κ2) is 9.54. The summed E-state index contributed by atoms with van der Waals surface area (Å²) in [6.45, 7) is 5.95. The molecule has 0 radical (unpaired) electrons. The molecule has 2 aliphatic rings. The first-order valence-corrected chi connectivity index (χ1v) is 12.3. The number of nitrogens with zero attached hydrogens (tertiary/aromatic N) is 2. The number of fused-ring (bicyclic) bond motifs is 2. The number of aromatic hydroxyl groups is 1. The number of ether oxygens (including phenoxy) is 4. The van der Waals surface area contributed by atoms with Gasteiger partial charge in [-0.05, 0) is 62.2 Å². The number of phenolic OH excluding ortho intramolecular Hbond substituents is 1. The van der Waals surface area contributed by atoms with Crippen molar-refractivity contribution in [2.45, 2.75) is 26.8 Å². The number of aromatic nitrogens is 1. The minimum Gasteiger partial charge on any atom is -0.504 e. The van der Waals surface area contributed by atoms with Gasteiger partial charge in [-0.2, -0.15) is 0 Å². The molecule has 0 saturated carbocycles. The van der Waals surface area contributed by atoms with Crippen LogP contribution in [0.5, 0.6) is 23.0 Å². The molecule has 0 fully saturated rings. The average molecular weight is 509 g/mol. The van der Waals surface area contributed by atoms with Crippen molar-refractivity contribution in [1.29, 1.82) is 0 Å². The van der Waals surface area contributed by atoms with Crippen molar-refractivity contribution in [2.75, 3.05) is 20.0 Å². The maximum atomic E-state index is 13.4. The lowest BCUT2D eigenvalue weighted by Gasteiger charge is -2.22. The molecule has 3 aromatic rings. The van der Waals surface area contributed by atoms with Crippen molar-refractivity contribution < 1.29 is 28.8 Å². The summed E-state index contributed by atoms with van der Waals surface area (Å²) in [7, 11) is 0. The van der Waals surface area contributed by atoms with Gasteiger partial charge in [0.05, 0.1) is 23.3 Å². The Hall–Kier alpha value is -4.05. The van der Waals surface area contributed by atoms with Gasteiger partial charge in [0, 0.05) is 5.70 Å². The van der Waals surface area contributed by atoms with Gasteiger partial charge >= 0.3 is 5.97 Å². The van der Waals surface area contributed by atoms with E-state index in [1.165, 1.54) is 22.0 Å². The normalized spacial score (nSPS) is 16.5. The van der Waals surface area contributed by atoms with Crippen LogP contribution in [-0.2, 0) is 9.53 Å². The van der Waals surface area contributed by atoms with Crippen LogP contribution in [0.25, 0.3) is 11.8 Å². The van der Waals surface area contributed by atoms with Crippen LogP contribution in [-0.4, -0.2) is 35.6 Å². The highest BCUT2D eigenvalue weighted by Gasteiger charge is 2.32. The van der Waals surface area contributed by atoms with Crippen LogP contribution in [0.15, 0.2) is 51.8 Å². The highest BCUT2D eigenvalue weighted by atomic mass is 32.1. The van der Waals surface area contributed by atoms with E-state index in [0.29, 0.717) is 38.7 Å². The lowest BCUT2D eigenvalue weighted by molar-refractivity contribution is -0.138. The first-order chi connectivity index (χ1) is 17.4. The van der Waals surface area contributed by atoms with E-state index in [4.69, 9.17) is 23.9 Å². The van der Waals surface area contributed by atoms with Crippen molar-refractivity contribution in [1.82, 2.24) is 4.57 Å². The van der Waals surface area contributed by atoms with Gasteiger partial charge in [-0.15, -0.1) is 0 Å². The Kier molecular flexibility index (Phi) is 6.27. The predicted octanol–water partition coefficient (Wildman–Crippen LogP) is 2.74. The summed E-state index contributed by atoms with van der Waals surface area (Å²) >= 11 is 1.23. The van der Waals surface area contributed by atoms with E-state index < -0.39 is 12.0 Å². The highest BCUT2D eigenvalue weighted by Crippen LogP contribution is 2.37. The van der Waals surface area contributed by atoms with E-state index in [9.17, 15) is 14.7 Å². The summed E-state index contributed by atoms with van der Waals surface area (Å²) in [5.74, 6) is 0.999. The molecule has 0 amide bonds. The second-order valence-corrected chi connectivity index (χ2v) is 9.07. The van der Waals surface area contributed by atoms with Crippen LogP contribution in [0.3, 0.4) is 0 Å². The third-order valence-electron chi connectivity index (χ3n) is 5.83. The average Bonchev–Trinajstić information content (AvgIpc) is 3.44. The Bertz CT molecular complexity index is 1570. The van der Waals surface area contributed by atoms with Gasteiger partial charge in [-0.25, -0.2) is 9.79 Å². The molecule has 1 N–H and O–H groups in total. The summed E-state index contributed by atoms with van der Waals surface area (Å²) in [6.07, 6.45) is 1.76. The van der Waals surface area contributed by atoms with Gasteiger partial charge in [-0.1, -0.05) is 23.5 Å². The molecule has 0 bridgehead atoms. The summed E-state index contributed by atoms with van der Waals surface area (Å²) in [4.78, 5) is 31.7. The number of allylic oxidation sites excluding steroid dienone is 1. The maximum Gasteiger partial charge on any atom is 0.338 e. The maximum absolute atomic E-state index is 13.4. The monoisotopic (exact) mass is 508 g/mol. The van der Waals surface area contributed by atoms with Gasteiger partial charge in [0.2, 0.25) is 6.79 Å². The largest absolute Gasteiger partial charge is 0.504 e. The fraction of sp³-hybridized carbons (Fsp3) is 0.269. The Morgan fingerprint density at radius 1 is 1.19 bits per heavy atom. The van der Waals surface area contributed by atoms with Gasteiger partial charge < -0.3 is 24.1 Å². The van der Waals surface area contributed by atoms with Crippen LogP contribution in [0.2, 0.25) is 0 Å². The van der Waals surface area contributed by atoms with Crippen molar-refractivity contribution in [2.24, 2.45) is 4.99 Å². The van der Waals surface area contributed by atoms with Crippen molar-refractivity contribution in [3.63, 3.8) is 0 Å². The number of carbonyl (C=O) groups excluding carboxylic acids is 1. The van der Waals surface area contributed by atoms with Gasteiger partial charge in [0.25, 0.3) is 5.56 Å². The van der Waals surface area contributed by atoms with Gasteiger partial charge in [-0.3, -0.25) is 9.36 Å². The Morgan fingerprint density at radius 2 is 2.00 bits per heavy atom. The van der Waals surface area contributed by atoms with Crippen molar-refractivity contribution >= 4 is 29.1 Å². The molecule has 2 aliphatic heterocycles. The number of thiazole rings is 1. The quantitative estimate of drug-likeness (QED) is 0.510. The number of phenols is 1. The van der Waals surface area contributed by atoms with E-state index in [1.54, 1.807) is 38.1 Å². The van der Waals surface area contributed by atoms with Gasteiger partial charge in [0.15, 0.2) is 27.8 Å². The fourth-order valence-corrected chi connectivity index (χ4v) is 5.22. The molecule has 1 atom stereocenters. The molecule has 2 aromatic carbocycles. The molecule has 3 heterocycles. The first kappa shape index (κ1) is 23.7. The number of esters is 1. The minimum absolute atomic E-state index is 0.0107. The number of rotatable bonds is 6. The number of hydrogen-bond donors (Lipinski definition) is 1. The van der Waals surface area contributed by atoms with Crippen molar-refractivity contribution in [3.05, 3.63) is 72.8 Å². The summed E-state index contributed by atoms with van der Waals surface area (Å²) in [5.41, 5.74) is 1.83. The lowest BCUT2D eigenvalue weighted by atomic mass is 9.96. The molecule has 36 heavy (non-hydrogen) atoms. The molecule has 10 heteroatoms. The molecule has 9 nitrogen and oxygen atoms in total. The summed E-state index contributed by atoms with van der Waals surface area (Å²) < 4.78 is 23.5. The number of carbonyl (C=O) groups is 1. The van der Waals surface area contributed by atoms with Crippen molar-refractivity contribution in [3.8, 4) is 23.0 Å². The number of hydrogen-bond acceptors (Lipinski definition) is 9. The van der Waals surface area contributed by atoms with E-state index in [0.717, 1.165) is 5.56 Å². The van der Waals surface area contributed by atoms with E-state index >= 15 is 0 Å². The third-order valence-corrected chi connectivity index (χ3v) is 6.82. The molecule has 0 aliphatic carbocycles. The van der Waals surface area contributed by atoms with Crippen LogP contribution in [0.1, 0.15) is 37.9 Å². The summed E-state index contributed by atoms with van der Waals surface area (Å²) in [6, 6.07) is 9.55. The molecule has 5 rings (SSSR count). The van der Waals surface area contributed by atoms with Crippen LogP contribution in [0.4, 0.5) is 0 Å². The van der Waals surface area contributed by atoms with E-state index in [-0.39, 0.29) is 36.0 Å². The Labute approximate surface area is 210 Å². The molecular weight excluding hydrogens is 484 g/mol. The minimum atomic E-state index is -0.736. The third kappa shape index (κ3) is 4.13. The smallest absolute Gasteiger partial charge is 0.338 e. The lowest BCUT2D eigenvalue weighted by Crippen LogP contribution is -2.35. The predicted molar refractivity (Wildman–Crippen MR) is 133 cm³/mol. The topological polar surface area (TPSA) is 109 Å².